The number of methoxy groups -OCH3 is 2. The summed E-state index contributed by atoms with van der Waals surface area (Å²) in [6.45, 7) is 2.75. The molecule has 2 heterocycles. The van der Waals surface area contributed by atoms with E-state index in [1.54, 1.807) is 0 Å². The van der Waals surface area contributed by atoms with Crippen LogP contribution < -0.4 is 4.90 Å². The predicted molar refractivity (Wildman–Crippen MR) is 81.7 cm³/mol. The molecule has 2 aliphatic rings. The second-order valence-electron chi connectivity index (χ2n) is 6.03. The lowest BCUT2D eigenvalue weighted by molar-refractivity contribution is -0.171. The largest absolute Gasteiger partial charge is 0.468 e. The minimum atomic E-state index is -1.30. The number of rotatable bonds is 2. The van der Waals surface area contributed by atoms with Crippen molar-refractivity contribution in [3.8, 4) is 0 Å². The quantitative estimate of drug-likeness (QED) is 0.615. The number of ether oxygens (including phenoxy) is 2. The Labute approximate surface area is 130 Å². The maximum absolute atomic E-state index is 12.5. The predicted octanol–water partition coefficient (Wildman–Crippen LogP) is 1.72. The van der Waals surface area contributed by atoms with E-state index in [-0.39, 0.29) is 6.04 Å². The Morgan fingerprint density at radius 1 is 1.18 bits per heavy atom. The van der Waals surface area contributed by atoms with E-state index >= 15 is 0 Å². The minimum Gasteiger partial charge on any atom is -0.468 e. The standard InChI is InChI=1S/C17H21NO4/c1-11-17(15(19)21-2,16(20)22-3)10-13-7-4-6-12-8-5-9-18(11)14(12)13/h4,6-7,11H,5,8-10H2,1-3H3. The Hall–Kier alpha value is -2.04. The maximum Gasteiger partial charge on any atom is 0.325 e. The van der Waals surface area contributed by atoms with Gasteiger partial charge in [0.2, 0.25) is 0 Å². The third-order valence-electron chi connectivity index (χ3n) is 5.08. The van der Waals surface area contributed by atoms with E-state index in [4.69, 9.17) is 9.47 Å². The zero-order chi connectivity index (χ0) is 15.9. The molecule has 0 aromatic heterocycles. The van der Waals surface area contributed by atoms with Crippen LogP contribution in [0.5, 0.6) is 0 Å². The molecule has 0 N–H and O–H groups in total. The summed E-state index contributed by atoms with van der Waals surface area (Å²) in [5, 5.41) is 0. The molecule has 1 atom stereocenters. The fourth-order valence-corrected chi connectivity index (χ4v) is 3.94. The third-order valence-corrected chi connectivity index (χ3v) is 5.08. The van der Waals surface area contributed by atoms with Crippen LogP contribution in [-0.4, -0.2) is 38.7 Å². The molecule has 5 heteroatoms. The summed E-state index contributed by atoms with van der Waals surface area (Å²) >= 11 is 0. The minimum absolute atomic E-state index is 0.290. The van der Waals surface area contributed by atoms with Gasteiger partial charge in [-0.05, 0) is 30.9 Å². The summed E-state index contributed by atoms with van der Waals surface area (Å²) in [5.41, 5.74) is 2.20. The molecular weight excluding hydrogens is 282 g/mol. The Morgan fingerprint density at radius 2 is 1.82 bits per heavy atom. The molecule has 1 aromatic carbocycles. The van der Waals surface area contributed by atoms with Gasteiger partial charge in [0.25, 0.3) is 0 Å². The van der Waals surface area contributed by atoms with E-state index in [2.05, 4.69) is 11.0 Å². The highest BCUT2D eigenvalue weighted by atomic mass is 16.5. The van der Waals surface area contributed by atoms with Gasteiger partial charge in [-0.1, -0.05) is 18.2 Å². The van der Waals surface area contributed by atoms with Crippen LogP contribution in [0.25, 0.3) is 0 Å². The first-order valence-electron chi connectivity index (χ1n) is 7.60. The van der Waals surface area contributed by atoms with Crippen molar-refractivity contribution in [1.29, 1.82) is 0 Å². The Balaban J connectivity index is 2.19. The topological polar surface area (TPSA) is 55.8 Å². The molecule has 0 bridgehead atoms. The van der Waals surface area contributed by atoms with Crippen molar-refractivity contribution in [3.05, 3.63) is 29.3 Å². The lowest BCUT2D eigenvalue weighted by Crippen LogP contribution is -2.61. The van der Waals surface area contributed by atoms with Crippen LogP contribution in [0, 0.1) is 5.41 Å². The number of hydrogen-bond donors (Lipinski definition) is 0. The second-order valence-corrected chi connectivity index (χ2v) is 6.03. The Kier molecular flexibility index (Phi) is 3.59. The van der Waals surface area contributed by atoms with Gasteiger partial charge < -0.3 is 14.4 Å². The van der Waals surface area contributed by atoms with Crippen molar-refractivity contribution in [1.82, 2.24) is 0 Å². The van der Waals surface area contributed by atoms with Crippen LogP contribution in [-0.2, 0) is 31.9 Å². The number of benzene rings is 1. The van der Waals surface area contributed by atoms with Crippen molar-refractivity contribution in [2.75, 3.05) is 25.7 Å². The number of carbonyl (C=O) groups is 2. The molecule has 1 unspecified atom stereocenters. The number of carbonyl (C=O) groups excluding carboxylic acids is 2. The van der Waals surface area contributed by atoms with E-state index in [1.807, 2.05) is 19.1 Å². The highest BCUT2D eigenvalue weighted by Crippen LogP contribution is 2.46. The van der Waals surface area contributed by atoms with Crippen LogP contribution in [0.2, 0.25) is 0 Å². The van der Waals surface area contributed by atoms with Crippen LogP contribution in [0.15, 0.2) is 18.2 Å². The van der Waals surface area contributed by atoms with Crippen LogP contribution >= 0.6 is 0 Å². The highest BCUT2D eigenvalue weighted by molar-refractivity contribution is 6.02. The van der Waals surface area contributed by atoms with E-state index in [9.17, 15) is 9.59 Å². The van der Waals surface area contributed by atoms with Gasteiger partial charge in [0.1, 0.15) is 0 Å². The molecule has 2 aliphatic heterocycles. The molecule has 3 rings (SSSR count). The van der Waals surface area contributed by atoms with E-state index < -0.39 is 17.4 Å². The lowest BCUT2D eigenvalue weighted by atomic mass is 9.70. The molecule has 118 valence electrons. The molecule has 0 saturated heterocycles. The molecule has 0 amide bonds. The molecule has 0 saturated carbocycles. The van der Waals surface area contributed by atoms with Gasteiger partial charge >= 0.3 is 11.9 Å². The van der Waals surface area contributed by atoms with E-state index in [0.717, 1.165) is 24.9 Å². The first kappa shape index (κ1) is 14.9. The van der Waals surface area contributed by atoms with E-state index in [0.29, 0.717) is 6.42 Å². The summed E-state index contributed by atoms with van der Waals surface area (Å²) in [7, 11) is 2.64. The summed E-state index contributed by atoms with van der Waals surface area (Å²) in [4.78, 5) is 27.2. The smallest absolute Gasteiger partial charge is 0.325 e. The summed E-state index contributed by atoms with van der Waals surface area (Å²) in [6, 6.07) is 5.82. The zero-order valence-electron chi connectivity index (χ0n) is 13.2. The van der Waals surface area contributed by atoms with Crippen LogP contribution in [0.4, 0.5) is 5.69 Å². The van der Waals surface area contributed by atoms with Crippen molar-refractivity contribution in [2.24, 2.45) is 5.41 Å². The average Bonchev–Trinajstić information content (AvgIpc) is 2.56. The number of esters is 2. The first-order valence-corrected chi connectivity index (χ1v) is 7.60. The molecule has 5 nitrogen and oxygen atoms in total. The van der Waals surface area contributed by atoms with Gasteiger partial charge in [-0.25, -0.2) is 0 Å². The molecule has 0 radical (unpaired) electrons. The fourth-order valence-electron chi connectivity index (χ4n) is 3.94. The fraction of sp³-hybridized carbons (Fsp3) is 0.529. The number of hydrogen-bond acceptors (Lipinski definition) is 5. The average molecular weight is 303 g/mol. The van der Waals surface area contributed by atoms with Crippen LogP contribution in [0.3, 0.4) is 0 Å². The molecule has 22 heavy (non-hydrogen) atoms. The van der Waals surface area contributed by atoms with Crippen molar-refractivity contribution in [2.45, 2.75) is 32.2 Å². The number of aryl methyl sites for hydroxylation is 1. The second kappa shape index (κ2) is 5.30. The van der Waals surface area contributed by atoms with Crippen LogP contribution in [0.1, 0.15) is 24.5 Å². The van der Waals surface area contributed by atoms with Gasteiger partial charge in [0.05, 0.1) is 20.3 Å². The molecule has 0 aliphatic carbocycles. The molecular formula is C17H21NO4. The Bertz CT molecular complexity index is 609. The van der Waals surface area contributed by atoms with Crippen molar-refractivity contribution >= 4 is 17.6 Å². The van der Waals surface area contributed by atoms with Gasteiger partial charge in [-0.15, -0.1) is 0 Å². The normalized spacial score (nSPS) is 21.8. The van der Waals surface area contributed by atoms with Gasteiger partial charge in [-0.2, -0.15) is 0 Å². The van der Waals surface area contributed by atoms with Gasteiger partial charge in [0.15, 0.2) is 5.41 Å². The molecule has 0 fully saturated rings. The summed E-state index contributed by atoms with van der Waals surface area (Å²) in [6.07, 6.45) is 2.38. The zero-order valence-corrected chi connectivity index (χ0v) is 13.2. The Morgan fingerprint density at radius 3 is 2.45 bits per heavy atom. The van der Waals surface area contributed by atoms with Gasteiger partial charge in [-0.3, -0.25) is 9.59 Å². The number of para-hydroxylation sites is 1. The highest BCUT2D eigenvalue weighted by Gasteiger charge is 2.58. The summed E-state index contributed by atoms with van der Waals surface area (Å²) in [5.74, 6) is -1.04. The SMILES string of the molecule is COC(=O)C1(C(=O)OC)Cc2cccc3c2N(CCC3)C1C. The number of anilines is 1. The monoisotopic (exact) mass is 303 g/mol. The first-order chi connectivity index (χ1) is 10.6. The van der Waals surface area contributed by atoms with Crippen molar-refractivity contribution in [3.63, 3.8) is 0 Å². The lowest BCUT2D eigenvalue weighted by Gasteiger charge is -2.48. The molecule has 1 aromatic rings. The maximum atomic E-state index is 12.5. The number of nitrogens with zero attached hydrogens (tertiary/aromatic N) is 1. The van der Waals surface area contributed by atoms with E-state index in [1.165, 1.54) is 25.5 Å². The van der Waals surface area contributed by atoms with Crippen molar-refractivity contribution < 1.29 is 19.1 Å². The van der Waals surface area contributed by atoms with Gasteiger partial charge in [0, 0.05) is 18.7 Å². The third kappa shape index (κ3) is 1.84. The molecule has 0 spiro atoms. The summed E-state index contributed by atoms with van der Waals surface area (Å²) < 4.78 is 9.95.